The van der Waals surface area contributed by atoms with Crippen LogP contribution in [0.3, 0.4) is 0 Å². The van der Waals surface area contributed by atoms with Gasteiger partial charge in [-0.05, 0) is 35.7 Å². The van der Waals surface area contributed by atoms with Gasteiger partial charge in [0.2, 0.25) is 5.91 Å². The fraction of sp³-hybridized carbons (Fsp3) is 0.200. The van der Waals surface area contributed by atoms with E-state index >= 15 is 0 Å². The first-order valence-electron chi connectivity index (χ1n) is 8.83. The summed E-state index contributed by atoms with van der Waals surface area (Å²) in [6.07, 6.45) is 5.53. The van der Waals surface area contributed by atoms with E-state index in [9.17, 15) is 9.59 Å². The van der Waals surface area contributed by atoms with Crippen molar-refractivity contribution in [2.24, 2.45) is 0 Å². The Balaban J connectivity index is 1.69. The molecule has 0 saturated carbocycles. The Kier molecular flexibility index (Phi) is 3.36. The molecule has 0 aliphatic carbocycles. The lowest BCUT2D eigenvalue weighted by atomic mass is 9.73. The summed E-state index contributed by atoms with van der Waals surface area (Å²) in [5.74, 6) is -0.243. The second-order valence-corrected chi connectivity index (χ2v) is 6.88. The summed E-state index contributed by atoms with van der Waals surface area (Å²) in [6, 6.07) is 12.7. The average Bonchev–Trinajstić information content (AvgIpc) is 3.42. The second-order valence-electron chi connectivity index (χ2n) is 6.88. The van der Waals surface area contributed by atoms with Crippen molar-refractivity contribution in [2.45, 2.75) is 17.9 Å². The second kappa shape index (κ2) is 5.77. The lowest BCUT2D eigenvalue weighted by Crippen LogP contribution is -2.42. The van der Waals surface area contributed by atoms with Gasteiger partial charge in [0.25, 0.3) is 5.91 Å². The van der Waals surface area contributed by atoms with Gasteiger partial charge in [-0.15, -0.1) is 0 Å². The summed E-state index contributed by atoms with van der Waals surface area (Å²) in [5, 5.41) is 9.63. The largest absolute Gasteiger partial charge is 0.329 e. The normalized spacial score (nSPS) is 23.5. The van der Waals surface area contributed by atoms with Crippen molar-refractivity contribution >= 4 is 17.5 Å². The van der Waals surface area contributed by atoms with Crippen LogP contribution in [0.15, 0.2) is 61.1 Å². The molecule has 7 heteroatoms. The van der Waals surface area contributed by atoms with Crippen LogP contribution in [0, 0.1) is 0 Å². The molecule has 1 aromatic carbocycles. The maximum atomic E-state index is 13.2. The number of pyridine rings is 1. The standard InChI is InChI=1S/C20H17N5O2/c26-18(16-7-10-22-24-16)25-11-8-20(17(25)13-4-3-9-21-12-13)14-5-1-2-6-15(14)23-19(20)27/h1-7,9-10,12,17H,8,11H2,(H,22,24)(H,23,27). The van der Waals surface area contributed by atoms with Crippen LogP contribution in [0.1, 0.15) is 34.1 Å². The van der Waals surface area contributed by atoms with Crippen molar-refractivity contribution in [1.82, 2.24) is 20.1 Å². The minimum atomic E-state index is -0.824. The zero-order valence-corrected chi connectivity index (χ0v) is 14.4. The Morgan fingerprint density at radius 1 is 1.15 bits per heavy atom. The molecule has 2 aliphatic heterocycles. The maximum Gasteiger partial charge on any atom is 0.272 e. The highest BCUT2D eigenvalue weighted by atomic mass is 16.2. The molecule has 3 aromatic rings. The molecule has 4 heterocycles. The molecule has 0 bridgehead atoms. The molecule has 2 aliphatic rings. The van der Waals surface area contributed by atoms with Gasteiger partial charge < -0.3 is 10.2 Å². The molecule has 7 nitrogen and oxygen atoms in total. The van der Waals surface area contributed by atoms with E-state index in [-0.39, 0.29) is 11.8 Å². The summed E-state index contributed by atoms with van der Waals surface area (Å²) in [6.45, 7) is 0.471. The Morgan fingerprint density at radius 3 is 2.81 bits per heavy atom. The number of hydrogen-bond acceptors (Lipinski definition) is 4. The molecule has 1 spiro atoms. The SMILES string of the molecule is O=C(c1ccn[nH]1)N1CCC2(C(=O)Nc3ccccc32)C1c1cccnc1. The van der Waals surface area contributed by atoms with Gasteiger partial charge in [0.1, 0.15) is 11.1 Å². The number of aromatic nitrogens is 3. The van der Waals surface area contributed by atoms with E-state index < -0.39 is 11.5 Å². The van der Waals surface area contributed by atoms with Gasteiger partial charge in [-0.3, -0.25) is 19.7 Å². The number of likely N-dealkylation sites (tertiary alicyclic amines) is 1. The van der Waals surface area contributed by atoms with Gasteiger partial charge in [0.15, 0.2) is 0 Å². The molecule has 27 heavy (non-hydrogen) atoms. The van der Waals surface area contributed by atoms with Crippen LogP contribution >= 0.6 is 0 Å². The molecule has 2 amide bonds. The van der Waals surface area contributed by atoms with Crippen LogP contribution in [0.5, 0.6) is 0 Å². The summed E-state index contributed by atoms with van der Waals surface area (Å²) in [5.41, 5.74) is 2.17. The molecule has 2 unspecified atom stereocenters. The van der Waals surface area contributed by atoms with E-state index in [4.69, 9.17) is 0 Å². The fourth-order valence-electron chi connectivity index (χ4n) is 4.44. The van der Waals surface area contributed by atoms with Gasteiger partial charge in [0, 0.05) is 30.8 Å². The molecule has 1 saturated heterocycles. The van der Waals surface area contributed by atoms with Gasteiger partial charge in [-0.1, -0.05) is 24.3 Å². The van der Waals surface area contributed by atoms with Crippen molar-refractivity contribution in [2.75, 3.05) is 11.9 Å². The monoisotopic (exact) mass is 359 g/mol. The van der Waals surface area contributed by atoms with Crippen molar-refractivity contribution in [1.29, 1.82) is 0 Å². The Bertz CT molecular complexity index is 1020. The smallest absolute Gasteiger partial charge is 0.272 e. The predicted molar refractivity (Wildman–Crippen MR) is 98.0 cm³/mol. The Labute approximate surface area is 155 Å². The van der Waals surface area contributed by atoms with Crippen LogP contribution in [-0.4, -0.2) is 38.4 Å². The van der Waals surface area contributed by atoms with E-state index in [0.717, 1.165) is 16.8 Å². The number of nitrogens with one attached hydrogen (secondary N) is 2. The van der Waals surface area contributed by atoms with Gasteiger partial charge in [-0.2, -0.15) is 5.10 Å². The molecule has 5 rings (SSSR count). The van der Waals surface area contributed by atoms with Crippen LogP contribution in [0.2, 0.25) is 0 Å². The number of amides is 2. The molecule has 134 valence electrons. The third-order valence-electron chi connectivity index (χ3n) is 5.58. The number of hydrogen-bond donors (Lipinski definition) is 2. The first-order valence-corrected chi connectivity index (χ1v) is 8.83. The summed E-state index contributed by atoms with van der Waals surface area (Å²) < 4.78 is 0. The Morgan fingerprint density at radius 2 is 2.04 bits per heavy atom. The highest BCUT2D eigenvalue weighted by Gasteiger charge is 2.59. The zero-order valence-electron chi connectivity index (χ0n) is 14.4. The number of rotatable bonds is 2. The van der Waals surface area contributed by atoms with E-state index in [0.29, 0.717) is 18.7 Å². The average molecular weight is 359 g/mol. The highest BCUT2D eigenvalue weighted by molar-refractivity contribution is 6.08. The third-order valence-corrected chi connectivity index (χ3v) is 5.58. The summed E-state index contributed by atoms with van der Waals surface area (Å²) >= 11 is 0. The van der Waals surface area contributed by atoms with Crippen molar-refractivity contribution in [3.63, 3.8) is 0 Å². The van der Waals surface area contributed by atoms with E-state index in [2.05, 4.69) is 20.5 Å². The number of para-hydroxylation sites is 1. The molecule has 2 atom stereocenters. The van der Waals surface area contributed by atoms with Crippen LogP contribution in [0.25, 0.3) is 0 Å². The van der Waals surface area contributed by atoms with Crippen LogP contribution in [-0.2, 0) is 10.2 Å². The number of fused-ring (bicyclic) bond motifs is 2. The number of aromatic amines is 1. The summed E-state index contributed by atoms with van der Waals surface area (Å²) in [4.78, 5) is 32.3. The molecule has 0 radical (unpaired) electrons. The van der Waals surface area contributed by atoms with Crippen molar-refractivity contribution < 1.29 is 9.59 Å². The van der Waals surface area contributed by atoms with E-state index in [1.54, 1.807) is 29.6 Å². The highest BCUT2D eigenvalue weighted by Crippen LogP contribution is 2.54. The lowest BCUT2D eigenvalue weighted by Gasteiger charge is -2.34. The first-order chi connectivity index (χ1) is 13.2. The van der Waals surface area contributed by atoms with Crippen LogP contribution < -0.4 is 5.32 Å². The van der Waals surface area contributed by atoms with Crippen molar-refractivity contribution in [3.8, 4) is 0 Å². The zero-order chi connectivity index (χ0) is 18.4. The number of carbonyl (C=O) groups excluding carboxylic acids is 2. The van der Waals surface area contributed by atoms with Gasteiger partial charge in [-0.25, -0.2) is 0 Å². The van der Waals surface area contributed by atoms with Crippen molar-refractivity contribution in [3.05, 3.63) is 77.9 Å². The molecule has 2 aromatic heterocycles. The fourth-order valence-corrected chi connectivity index (χ4v) is 4.44. The number of anilines is 1. The van der Waals surface area contributed by atoms with E-state index in [1.165, 1.54) is 0 Å². The molecular weight excluding hydrogens is 342 g/mol. The molecule has 1 fully saturated rings. The van der Waals surface area contributed by atoms with E-state index in [1.807, 2.05) is 36.4 Å². The number of carbonyl (C=O) groups is 2. The van der Waals surface area contributed by atoms with Crippen LogP contribution in [0.4, 0.5) is 5.69 Å². The number of nitrogens with zero attached hydrogens (tertiary/aromatic N) is 3. The number of benzene rings is 1. The summed E-state index contributed by atoms with van der Waals surface area (Å²) in [7, 11) is 0. The molecule has 2 N–H and O–H groups in total. The maximum absolute atomic E-state index is 13.2. The minimum Gasteiger partial charge on any atom is -0.329 e. The minimum absolute atomic E-state index is 0.0718. The predicted octanol–water partition coefficient (Wildman–Crippen LogP) is 2.28. The Hall–Kier alpha value is -3.48. The third kappa shape index (κ3) is 2.14. The quantitative estimate of drug-likeness (QED) is 0.734. The van der Waals surface area contributed by atoms with Gasteiger partial charge in [0.05, 0.1) is 6.04 Å². The molecular formula is C20H17N5O2. The van der Waals surface area contributed by atoms with Gasteiger partial charge >= 0.3 is 0 Å². The first kappa shape index (κ1) is 15.7. The lowest BCUT2D eigenvalue weighted by molar-refractivity contribution is -0.121. The number of H-pyrrole nitrogens is 1. The topological polar surface area (TPSA) is 91.0 Å².